The third-order valence-electron chi connectivity index (χ3n) is 4.93. The van der Waals surface area contributed by atoms with Crippen LogP contribution < -0.4 is 10.4 Å². The van der Waals surface area contributed by atoms with Crippen molar-refractivity contribution in [2.24, 2.45) is 0 Å². The van der Waals surface area contributed by atoms with Crippen LogP contribution in [0.3, 0.4) is 0 Å². The molecule has 0 atom stereocenters. The summed E-state index contributed by atoms with van der Waals surface area (Å²) in [4.78, 5) is 12.7. The van der Waals surface area contributed by atoms with Crippen LogP contribution in [0.25, 0.3) is 11.0 Å². The first-order chi connectivity index (χ1) is 15.4. The molecule has 0 fully saturated rings. The second-order valence-corrected chi connectivity index (χ2v) is 7.15. The predicted octanol–water partition coefficient (Wildman–Crippen LogP) is 5.01. The molecular weight excluding hydrogens is 428 g/mol. The van der Waals surface area contributed by atoms with Crippen LogP contribution in [0.4, 0.5) is 17.6 Å². The zero-order chi connectivity index (χ0) is 22.8. The van der Waals surface area contributed by atoms with Crippen LogP contribution in [0.5, 0.6) is 5.75 Å². The molecule has 32 heavy (non-hydrogen) atoms. The second-order valence-electron chi connectivity index (χ2n) is 7.15. The van der Waals surface area contributed by atoms with Gasteiger partial charge < -0.3 is 14.3 Å². The zero-order valence-electron chi connectivity index (χ0n) is 16.5. The first-order valence-electron chi connectivity index (χ1n) is 9.56. The molecule has 0 bridgehead atoms. The van der Waals surface area contributed by atoms with Crippen LogP contribution >= 0.6 is 0 Å². The van der Waals surface area contributed by atoms with Gasteiger partial charge in [-0.2, -0.15) is 0 Å². The quantitative estimate of drug-likeness (QED) is 0.336. The molecule has 0 saturated carbocycles. The number of hydrogen-bond acceptors (Lipinski definition) is 4. The van der Waals surface area contributed by atoms with Crippen molar-refractivity contribution in [2.45, 2.75) is 19.6 Å². The Kier molecular flexibility index (Phi) is 5.96. The molecule has 164 valence electrons. The highest BCUT2D eigenvalue weighted by atomic mass is 19.2. The number of ether oxygens (including phenoxy) is 1. The number of aliphatic hydroxyl groups is 1. The van der Waals surface area contributed by atoms with Gasteiger partial charge in [-0.25, -0.2) is 22.4 Å². The fraction of sp³-hybridized carbons (Fsp3) is 0.125. The van der Waals surface area contributed by atoms with Crippen molar-refractivity contribution in [1.29, 1.82) is 0 Å². The highest BCUT2D eigenvalue weighted by molar-refractivity contribution is 5.85. The number of rotatable bonds is 6. The van der Waals surface area contributed by atoms with E-state index in [1.165, 1.54) is 18.2 Å². The van der Waals surface area contributed by atoms with Crippen LogP contribution in [0.1, 0.15) is 22.3 Å². The minimum absolute atomic E-state index is 0.0443. The Morgan fingerprint density at radius 1 is 0.781 bits per heavy atom. The molecule has 1 heterocycles. The minimum Gasteiger partial charge on any atom is -0.488 e. The predicted molar refractivity (Wildman–Crippen MR) is 108 cm³/mol. The van der Waals surface area contributed by atoms with Crippen molar-refractivity contribution in [3.8, 4) is 5.75 Å². The average Bonchev–Trinajstić information content (AvgIpc) is 2.78. The Bertz CT molecular complexity index is 1360. The van der Waals surface area contributed by atoms with Crippen LogP contribution in [0.2, 0.25) is 0 Å². The zero-order valence-corrected chi connectivity index (χ0v) is 16.5. The highest BCUT2D eigenvalue weighted by Crippen LogP contribution is 2.31. The van der Waals surface area contributed by atoms with E-state index in [1.807, 2.05) is 0 Å². The van der Waals surface area contributed by atoms with Gasteiger partial charge in [0, 0.05) is 6.42 Å². The van der Waals surface area contributed by atoms with Crippen LogP contribution in [0.15, 0.2) is 63.8 Å². The summed E-state index contributed by atoms with van der Waals surface area (Å²) in [7, 11) is 0. The van der Waals surface area contributed by atoms with E-state index in [0.29, 0.717) is 22.1 Å². The lowest BCUT2D eigenvalue weighted by Crippen LogP contribution is -2.12. The van der Waals surface area contributed by atoms with E-state index in [2.05, 4.69) is 0 Å². The molecule has 0 amide bonds. The van der Waals surface area contributed by atoms with Crippen molar-refractivity contribution in [1.82, 2.24) is 0 Å². The molecule has 4 nitrogen and oxygen atoms in total. The van der Waals surface area contributed by atoms with E-state index >= 15 is 0 Å². The summed E-state index contributed by atoms with van der Waals surface area (Å²) < 4.78 is 64.9. The lowest BCUT2D eigenvalue weighted by molar-refractivity contribution is 0.281. The number of benzene rings is 3. The van der Waals surface area contributed by atoms with Gasteiger partial charge in [0.15, 0.2) is 23.3 Å². The Hall–Kier alpha value is -3.65. The number of halogens is 4. The van der Waals surface area contributed by atoms with E-state index in [1.54, 1.807) is 12.1 Å². The molecule has 0 aliphatic rings. The third kappa shape index (κ3) is 4.36. The number of hydrogen-bond donors (Lipinski definition) is 1. The SMILES string of the molecule is O=c1oc2cc(CO)ccc2c(OCc2ccc(F)c(F)c2)c1Cc1ccc(F)c(F)c1. The summed E-state index contributed by atoms with van der Waals surface area (Å²) in [6.45, 7) is -0.469. The molecule has 8 heteroatoms. The topological polar surface area (TPSA) is 59.7 Å². The summed E-state index contributed by atoms with van der Waals surface area (Å²) in [5.74, 6) is -4.03. The molecular formula is C24H16F4O4. The van der Waals surface area contributed by atoms with Gasteiger partial charge in [-0.05, 0) is 53.1 Å². The number of fused-ring (bicyclic) bond motifs is 1. The normalized spacial score (nSPS) is 11.2. The molecule has 1 aromatic heterocycles. The van der Waals surface area contributed by atoms with Gasteiger partial charge in [0.2, 0.25) is 0 Å². The van der Waals surface area contributed by atoms with Gasteiger partial charge in [0.1, 0.15) is 17.9 Å². The standard InChI is InChI=1S/C24H16F4O4/c25-18-5-2-13(8-20(18)27)7-17-23(31-12-15-3-6-19(26)21(28)9-15)16-4-1-14(11-29)10-22(16)32-24(17)30/h1-6,8-10,29H,7,11-12H2. The monoisotopic (exact) mass is 444 g/mol. The highest BCUT2D eigenvalue weighted by Gasteiger charge is 2.18. The minimum atomic E-state index is -1.07. The fourth-order valence-electron chi connectivity index (χ4n) is 3.31. The Morgan fingerprint density at radius 3 is 2.06 bits per heavy atom. The van der Waals surface area contributed by atoms with Gasteiger partial charge in [-0.3, -0.25) is 0 Å². The van der Waals surface area contributed by atoms with E-state index in [4.69, 9.17) is 9.15 Å². The molecule has 0 radical (unpaired) electrons. The van der Waals surface area contributed by atoms with Gasteiger partial charge >= 0.3 is 5.63 Å². The van der Waals surface area contributed by atoms with Crippen molar-refractivity contribution in [2.75, 3.05) is 0 Å². The van der Waals surface area contributed by atoms with Crippen molar-refractivity contribution >= 4 is 11.0 Å². The summed E-state index contributed by atoms with van der Waals surface area (Å²) in [5.41, 5.74) is 0.549. The van der Waals surface area contributed by atoms with Crippen molar-refractivity contribution in [3.63, 3.8) is 0 Å². The van der Waals surface area contributed by atoms with E-state index in [0.717, 1.165) is 24.3 Å². The lowest BCUT2D eigenvalue weighted by Gasteiger charge is -2.14. The Balaban J connectivity index is 1.79. The van der Waals surface area contributed by atoms with Gasteiger partial charge in [0.25, 0.3) is 0 Å². The number of aliphatic hydroxyl groups excluding tert-OH is 1. The summed E-state index contributed by atoms with van der Waals surface area (Å²) in [5, 5.41) is 9.74. The molecule has 0 aliphatic heterocycles. The largest absolute Gasteiger partial charge is 0.488 e. The lowest BCUT2D eigenvalue weighted by atomic mass is 10.0. The molecule has 0 unspecified atom stereocenters. The summed E-state index contributed by atoms with van der Waals surface area (Å²) in [6, 6.07) is 11.2. The van der Waals surface area contributed by atoms with E-state index < -0.39 is 28.9 Å². The van der Waals surface area contributed by atoms with E-state index in [9.17, 15) is 27.5 Å². The van der Waals surface area contributed by atoms with Crippen LogP contribution in [-0.4, -0.2) is 5.11 Å². The summed E-state index contributed by atoms with van der Waals surface area (Å²) >= 11 is 0. The van der Waals surface area contributed by atoms with Gasteiger partial charge in [0.05, 0.1) is 17.6 Å². The van der Waals surface area contributed by atoms with Crippen molar-refractivity contribution < 1.29 is 31.8 Å². The Morgan fingerprint density at radius 2 is 1.41 bits per heavy atom. The third-order valence-corrected chi connectivity index (χ3v) is 4.93. The van der Waals surface area contributed by atoms with Crippen LogP contribution in [0, 0.1) is 23.3 Å². The molecule has 3 aromatic carbocycles. The molecule has 1 N–H and O–H groups in total. The molecule has 4 rings (SSSR count). The average molecular weight is 444 g/mol. The maximum atomic E-state index is 13.7. The van der Waals surface area contributed by atoms with Crippen molar-refractivity contribution in [3.05, 3.63) is 111 Å². The first-order valence-corrected chi connectivity index (χ1v) is 9.56. The molecule has 0 saturated heterocycles. The maximum Gasteiger partial charge on any atom is 0.343 e. The summed E-state index contributed by atoms with van der Waals surface area (Å²) in [6.07, 6.45) is -0.121. The van der Waals surface area contributed by atoms with E-state index in [-0.39, 0.29) is 36.5 Å². The molecule has 0 spiro atoms. The molecule has 0 aliphatic carbocycles. The first kappa shape index (κ1) is 21.6. The van der Waals surface area contributed by atoms with Gasteiger partial charge in [-0.15, -0.1) is 0 Å². The second kappa shape index (κ2) is 8.84. The molecule has 4 aromatic rings. The van der Waals surface area contributed by atoms with Gasteiger partial charge in [-0.1, -0.05) is 18.2 Å². The van der Waals surface area contributed by atoms with Crippen LogP contribution in [-0.2, 0) is 19.6 Å². The fourth-order valence-corrected chi connectivity index (χ4v) is 3.31. The smallest absolute Gasteiger partial charge is 0.343 e. The maximum absolute atomic E-state index is 13.7. The Labute approximate surface area is 179 Å².